The lowest BCUT2D eigenvalue weighted by Crippen LogP contribution is -2.55. The van der Waals surface area contributed by atoms with Crippen molar-refractivity contribution in [2.75, 3.05) is 32.7 Å². The molecule has 4 aromatic rings. The van der Waals surface area contributed by atoms with Gasteiger partial charge in [0, 0.05) is 65.5 Å². The normalized spacial score (nSPS) is 16.4. The van der Waals surface area contributed by atoms with Crippen LogP contribution >= 0.6 is 48.0 Å². The Labute approximate surface area is 313 Å². The van der Waals surface area contributed by atoms with Crippen LogP contribution in [-0.4, -0.2) is 83.9 Å². The fraction of sp³-hybridized carbons (Fsp3) is 0.294. The summed E-state index contributed by atoms with van der Waals surface area (Å²) in [6.07, 6.45) is 0.882. The molecule has 0 aliphatic carbocycles. The molecule has 0 spiro atoms. The number of aromatic nitrogens is 1. The van der Waals surface area contributed by atoms with Crippen molar-refractivity contribution in [1.82, 2.24) is 19.1 Å². The van der Waals surface area contributed by atoms with Crippen LogP contribution in [0.15, 0.2) is 71.6 Å². The average molecular weight is 783 g/mol. The molecule has 2 fully saturated rings. The predicted molar refractivity (Wildman–Crippen MR) is 199 cm³/mol. The number of amides is 2. The largest absolute Gasteiger partial charge is 0.487 e. The van der Waals surface area contributed by atoms with E-state index in [0.717, 1.165) is 11.1 Å². The number of benzene rings is 3. The maximum Gasteiger partial charge on any atom is 0.253 e. The Morgan fingerprint density at radius 2 is 1.58 bits per heavy atom. The molecule has 16 heteroatoms. The monoisotopic (exact) mass is 780 g/mol. The minimum absolute atomic E-state index is 0. The zero-order valence-corrected chi connectivity index (χ0v) is 30.9. The van der Waals surface area contributed by atoms with Crippen molar-refractivity contribution in [2.45, 2.75) is 37.3 Å². The number of fused-ring (bicyclic) bond motifs is 1. The summed E-state index contributed by atoms with van der Waals surface area (Å²) in [6, 6.07) is 17.8. The summed E-state index contributed by atoms with van der Waals surface area (Å²) in [5.74, 6) is -0.0660. The second-order valence-electron chi connectivity index (χ2n) is 11.8. The fourth-order valence-electron chi connectivity index (χ4n) is 6.11. The molecule has 0 unspecified atom stereocenters. The molecule has 3 aromatic carbocycles. The van der Waals surface area contributed by atoms with Gasteiger partial charge in [-0.05, 0) is 56.2 Å². The number of rotatable bonds is 8. The first kappa shape index (κ1) is 39.1. The van der Waals surface area contributed by atoms with Crippen LogP contribution in [0, 0.1) is 12.3 Å². The number of carbonyl (C=O) groups is 2. The van der Waals surface area contributed by atoms with Gasteiger partial charge in [0.1, 0.15) is 34.6 Å². The number of nitrogens with one attached hydrogen (secondary N) is 1. The van der Waals surface area contributed by atoms with Gasteiger partial charge in [-0.25, -0.2) is 13.4 Å². The minimum Gasteiger partial charge on any atom is -0.487 e. The Morgan fingerprint density at radius 3 is 2.26 bits per heavy atom. The smallest absolute Gasteiger partial charge is 0.253 e. The molecule has 11 nitrogen and oxygen atoms in total. The maximum absolute atomic E-state index is 14.1. The van der Waals surface area contributed by atoms with E-state index in [0.29, 0.717) is 53.9 Å². The van der Waals surface area contributed by atoms with Crippen molar-refractivity contribution in [3.63, 3.8) is 0 Å². The van der Waals surface area contributed by atoms with Crippen LogP contribution in [0.3, 0.4) is 0 Å². The summed E-state index contributed by atoms with van der Waals surface area (Å²) >= 11 is 13.3. The number of pyridine rings is 1. The maximum atomic E-state index is 14.1. The third kappa shape index (κ3) is 7.80. The zero-order chi connectivity index (χ0) is 34.2. The number of para-hydroxylation sites is 1. The van der Waals surface area contributed by atoms with Crippen LogP contribution < -0.4 is 10.5 Å². The lowest BCUT2D eigenvalue weighted by molar-refractivity contribution is -0.136. The molecule has 3 N–H and O–H groups in total. The second-order valence-corrected chi connectivity index (χ2v) is 14.4. The predicted octanol–water partition coefficient (Wildman–Crippen LogP) is 5.69. The molecule has 50 heavy (non-hydrogen) atoms. The highest BCUT2D eigenvalue weighted by Gasteiger charge is 2.43. The molecule has 6 rings (SSSR count). The summed E-state index contributed by atoms with van der Waals surface area (Å²) in [7, 11) is -4.20. The van der Waals surface area contributed by atoms with E-state index >= 15 is 0 Å². The van der Waals surface area contributed by atoms with Crippen LogP contribution in [0.1, 0.15) is 40.0 Å². The number of nitrogens with two attached hydrogens (primary N) is 1. The number of carbonyl (C=O) groups excluding carboxylic acids is 2. The third-order valence-corrected chi connectivity index (χ3v) is 11.6. The van der Waals surface area contributed by atoms with Gasteiger partial charge in [0.05, 0.1) is 5.02 Å². The van der Waals surface area contributed by atoms with E-state index in [-0.39, 0.29) is 83.6 Å². The van der Waals surface area contributed by atoms with Crippen molar-refractivity contribution in [3.05, 3.63) is 99.2 Å². The van der Waals surface area contributed by atoms with E-state index in [1.165, 1.54) is 16.4 Å². The van der Waals surface area contributed by atoms with E-state index in [1.54, 1.807) is 40.1 Å². The topological polar surface area (TPSA) is 150 Å². The molecule has 1 aromatic heterocycles. The van der Waals surface area contributed by atoms with E-state index in [2.05, 4.69) is 4.98 Å². The van der Waals surface area contributed by atoms with Crippen LogP contribution in [0.4, 0.5) is 0 Å². The van der Waals surface area contributed by atoms with Crippen molar-refractivity contribution < 1.29 is 22.7 Å². The lowest BCUT2D eigenvalue weighted by atomic mass is 10.1. The molecule has 2 aliphatic heterocycles. The first-order valence-corrected chi connectivity index (χ1v) is 17.7. The highest BCUT2D eigenvalue weighted by atomic mass is 35.5. The van der Waals surface area contributed by atoms with Gasteiger partial charge in [-0.15, -0.1) is 24.8 Å². The van der Waals surface area contributed by atoms with Gasteiger partial charge in [0.25, 0.3) is 5.91 Å². The number of hydrogen-bond donors (Lipinski definition) is 2. The first-order chi connectivity index (χ1) is 23.0. The number of piperazine rings is 1. The van der Waals surface area contributed by atoms with Gasteiger partial charge in [-0.1, -0.05) is 53.5 Å². The average Bonchev–Trinajstić information content (AvgIpc) is 3.59. The highest BCUT2D eigenvalue weighted by Crippen LogP contribution is 2.37. The lowest BCUT2D eigenvalue weighted by Gasteiger charge is -2.37. The fourth-order valence-corrected chi connectivity index (χ4v) is 8.62. The number of aryl methyl sites for hydroxylation is 1. The van der Waals surface area contributed by atoms with E-state index in [9.17, 15) is 18.0 Å². The summed E-state index contributed by atoms with van der Waals surface area (Å²) in [5, 5.41) is 8.61. The van der Waals surface area contributed by atoms with Gasteiger partial charge in [-0.3, -0.25) is 15.0 Å². The van der Waals surface area contributed by atoms with E-state index in [1.807, 2.05) is 31.2 Å². The van der Waals surface area contributed by atoms with Crippen molar-refractivity contribution in [3.8, 4) is 5.75 Å². The van der Waals surface area contributed by atoms with Crippen LogP contribution in [-0.2, 0) is 21.4 Å². The third-order valence-electron chi connectivity index (χ3n) is 8.74. The highest BCUT2D eigenvalue weighted by molar-refractivity contribution is 7.89. The van der Waals surface area contributed by atoms with Gasteiger partial charge < -0.3 is 20.3 Å². The van der Waals surface area contributed by atoms with Crippen LogP contribution in [0.2, 0.25) is 10.0 Å². The Kier molecular flexibility index (Phi) is 12.6. The quantitative estimate of drug-likeness (QED) is 0.172. The van der Waals surface area contributed by atoms with Gasteiger partial charge in [0.2, 0.25) is 15.9 Å². The van der Waals surface area contributed by atoms with Crippen molar-refractivity contribution >= 4 is 86.6 Å². The molecule has 1 atom stereocenters. The van der Waals surface area contributed by atoms with E-state index in [4.69, 9.17) is 39.1 Å². The minimum atomic E-state index is -4.20. The SMILES string of the molecule is Cc1ccc2cccc(OCc3c(Cl)ccc(S(=O)(=O)N4CCC[C@H]4C(=O)N4CCN(C(=O)c5ccc(C(=N)N)cc5)CC4)c3Cl)c2n1.Cl.Cl. The number of halogens is 4. The van der Waals surface area contributed by atoms with Gasteiger partial charge in [-0.2, -0.15) is 4.31 Å². The van der Waals surface area contributed by atoms with Crippen LogP contribution in [0.25, 0.3) is 10.9 Å². The van der Waals surface area contributed by atoms with Gasteiger partial charge in [0.15, 0.2) is 0 Å². The summed E-state index contributed by atoms with van der Waals surface area (Å²) < 4.78 is 35.4. The Bertz CT molecular complexity index is 2020. The standard InChI is InChI=1S/C34H34Cl2N6O5S.2ClH/c1-21-7-8-22-4-2-6-28(31(22)39-21)47-20-25-26(35)13-14-29(30(25)36)48(45,46)42-15-3-5-27(42)34(44)41-18-16-40(17-19-41)33(43)24-11-9-23(10-12-24)32(37)38;;/h2,4,6-14,27H,3,5,15-20H2,1H3,(H3,37,38);2*1H/t27-;;/m0../s1. The van der Waals surface area contributed by atoms with Crippen molar-refractivity contribution in [1.29, 1.82) is 5.41 Å². The first-order valence-electron chi connectivity index (χ1n) is 15.5. The summed E-state index contributed by atoms with van der Waals surface area (Å²) in [6.45, 7) is 3.10. The number of nitrogens with zero attached hydrogens (tertiary/aromatic N) is 4. The zero-order valence-electron chi connectivity index (χ0n) is 27.0. The molecule has 0 bridgehead atoms. The number of hydrogen-bond acceptors (Lipinski definition) is 7. The molecule has 2 aliphatic rings. The molecule has 266 valence electrons. The Morgan fingerprint density at radius 1 is 0.920 bits per heavy atom. The Hall–Kier alpha value is -3.65. The molecule has 2 saturated heterocycles. The number of sulfonamides is 1. The summed E-state index contributed by atoms with van der Waals surface area (Å²) in [5.41, 5.74) is 8.29. The number of nitrogen functional groups attached to an aromatic ring is 1. The number of amidine groups is 1. The number of ether oxygens (including phenoxy) is 1. The molecule has 3 heterocycles. The molecular formula is C34H36Cl4N6O5S. The second kappa shape index (κ2) is 16.1. The Balaban J connectivity index is 0.00000281. The molecule has 0 saturated carbocycles. The van der Waals surface area contributed by atoms with Crippen LogP contribution in [0.5, 0.6) is 5.75 Å². The van der Waals surface area contributed by atoms with Crippen molar-refractivity contribution in [2.24, 2.45) is 5.73 Å². The summed E-state index contributed by atoms with van der Waals surface area (Å²) in [4.78, 5) is 34.5. The van der Waals surface area contributed by atoms with Gasteiger partial charge >= 0.3 is 0 Å². The molecular weight excluding hydrogens is 746 g/mol. The van der Waals surface area contributed by atoms with E-state index < -0.39 is 16.1 Å². The molecule has 0 radical (unpaired) electrons. The molecule has 2 amide bonds.